The Hall–Kier alpha value is -1.99. The van der Waals surface area contributed by atoms with Gasteiger partial charge in [-0.25, -0.2) is 4.72 Å². The van der Waals surface area contributed by atoms with E-state index in [1.54, 1.807) is 6.07 Å². The van der Waals surface area contributed by atoms with Crippen molar-refractivity contribution in [1.82, 2.24) is 4.72 Å². The summed E-state index contributed by atoms with van der Waals surface area (Å²) in [5.41, 5.74) is 0.714. The Morgan fingerprint density at radius 1 is 0.929 bits per heavy atom. The van der Waals surface area contributed by atoms with Gasteiger partial charge in [-0.05, 0) is 24.0 Å². The van der Waals surface area contributed by atoms with Crippen LogP contribution in [0.25, 0.3) is 0 Å². The van der Waals surface area contributed by atoms with Crippen LogP contribution < -0.4 is 4.72 Å². The van der Waals surface area contributed by atoms with Crippen molar-refractivity contribution in [2.45, 2.75) is 42.0 Å². The van der Waals surface area contributed by atoms with Gasteiger partial charge in [0, 0.05) is 0 Å². The lowest BCUT2D eigenvalue weighted by molar-refractivity contribution is -0.382. The predicted molar refractivity (Wildman–Crippen MR) is 75.5 cm³/mol. The van der Waals surface area contributed by atoms with Crippen LogP contribution in [-0.4, -0.2) is 37.6 Å². The number of aryl methyl sites for hydroxylation is 1. The van der Waals surface area contributed by atoms with Gasteiger partial charge in [-0.2, -0.15) is 47.9 Å². The number of amides is 1. The van der Waals surface area contributed by atoms with E-state index in [1.807, 2.05) is 0 Å². The highest BCUT2D eigenvalue weighted by Crippen LogP contribution is 2.54. The minimum absolute atomic E-state index is 0.110. The van der Waals surface area contributed by atoms with E-state index in [4.69, 9.17) is 0 Å². The van der Waals surface area contributed by atoms with Gasteiger partial charge in [0.15, 0.2) is 0 Å². The average molecular weight is 443 g/mol. The van der Waals surface area contributed by atoms with Crippen molar-refractivity contribution in [2.75, 3.05) is 0 Å². The van der Waals surface area contributed by atoms with Gasteiger partial charge >= 0.3 is 33.3 Å². The second-order valence-corrected chi connectivity index (χ2v) is 7.65. The molecule has 1 aromatic carbocycles. The van der Waals surface area contributed by atoms with Crippen molar-refractivity contribution in [2.24, 2.45) is 0 Å². The number of nitrogens with one attached hydrogen (secondary N) is 1. The second-order valence-electron chi connectivity index (χ2n) is 5.92. The fourth-order valence-corrected chi connectivity index (χ4v) is 3.63. The number of sulfonamides is 1. The van der Waals surface area contributed by atoms with Gasteiger partial charge in [-0.15, -0.1) is 0 Å². The zero-order chi connectivity index (χ0) is 21.8. The number of carbonyl (C=O) groups excluding carboxylic acids is 1. The molecule has 1 amide bonds. The van der Waals surface area contributed by atoms with Gasteiger partial charge in [0.1, 0.15) is 0 Å². The minimum atomic E-state index is -7.39. The Kier molecular flexibility index (Phi) is 5.20. The van der Waals surface area contributed by atoms with Crippen LogP contribution in [0.15, 0.2) is 24.3 Å². The molecule has 1 aliphatic rings. The SMILES string of the molecule is O=C(NS(=O)(=O)C(F)(F)C(F)(F)C(F)(F)C(F)(F)F)C1CCc2ccccc21. The first kappa shape index (κ1) is 22.3. The molecule has 1 aliphatic carbocycles. The van der Waals surface area contributed by atoms with Crippen molar-refractivity contribution < 1.29 is 52.7 Å². The molecule has 4 nitrogen and oxygen atoms in total. The van der Waals surface area contributed by atoms with E-state index in [2.05, 4.69) is 0 Å². The number of benzene rings is 1. The maximum absolute atomic E-state index is 13.6. The van der Waals surface area contributed by atoms with Crippen LogP contribution in [0.1, 0.15) is 23.5 Å². The van der Waals surface area contributed by atoms with Crippen molar-refractivity contribution in [3.05, 3.63) is 35.4 Å². The molecule has 0 saturated carbocycles. The molecule has 14 heteroatoms. The lowest BCUT2D eigenvalue weighted by atomic mass is 10.0. The molecule has 1 N–H and O–H groups in total. The lowest BCUT2D eigenvalue weighted by Crippen LogP contribution is -2.65. The highest BCUT2D eigenvalue weighted by molar-refractivity contribution is 7.91. The Morgan fingerprint density at radius 2 is 1.46 bits per heavy atom. The first-order valence-electron chi connectivity index (χ1n) is 7.31. The number of carbonyl (C=O) groups is 1. The second kappa shape index (κ2) is 6.52. The molecule has 28 heavy (non-hydrogen) atoms. The number of fused-ring (bicyclic) bond motifs is 1. The van der Waals surface area contributed by atoms with Crippen molar-refractivity contribution in [3.8, 4) is 0 Å². The third-order valence-electron chi connectivity index (χ3n) is 4.14. The molecule has 0 spiro atoms. The molecule has 1 aromatic rings. The molecule has 1 unspecified atom stereocenters. The van der Waals surface area contributed by atoms with E-state index < -0.39 is 45.1 Å². The van der Waals surface area contributed by atoms with Gasteiger partial charge in [0.2, 0.25) is 5.91 Å². The van der Waals surface area contributed by atoms with Gasteiger partial charge in [0.05, 0.1) is 5.92 Å². The Bertz CT molecular complexity index is 880. The fourth-order valence-electron chi connectivity index (χ4n) is 2.63. The first-order valence-corrected chi connectivity index (χ1v) is 8.80. The van der Waals surface area contributed by atoms with Crippen LogP contribution in [-0.2, 0) is 21.2 Å². The van der Waals surface area contributed by atoms with Crippen LogP contribution in [0.2, 0.25) is 0 Å². The van der Waals surface area contributed by atoms with Gasteiger partial charge in [-0.1, -0.05) is 24.3 Å². The third kappa shape index (κ3) is 3.20. The molecule has 0 radical (unpaired) electrons. The summed E-state index contributed by atoms with van der Waals surface area (Å²) in [5.74, 6) is -17.9. The summed E-state index contributed by atoms with van der Waals surface area (Å²) < 4.78 is 139. The number of rotatable bonds is 5. The van der Waals surface area contributed by atoms with E-state index >= 15 is 0 Å². The quantitative estimate of drug-likeness (QED) is 0.708. The molecule has 1 atom stereocenters. The minimum Gasteiger partial charge on any atom is -0.273 e. The zero-order valence-electron chi connectivity index (χ0n) is 13.3. The zero-order valence-corrected chi connectivity index (χ0v) is 14.2. The fraction of sp³-hybridized carbons (Fsp3) is 0.500. The van der Waals surface area contributed by atoms with E-state index in [1.165, 1.54) is 18.2 Å². The lowest BCUT2D eigenvalue weighted by Gasteiger charge is -2.33. The summed E-state index contributed by atoms with van der Waals surface area (Å²) in [6.07, 6.45) is -7.09. The normalized spacial score (nSPS) is 18.7. The van der Waals surface area contributed by atoms with Crippen LogP contribution in [0, 0.1) is 0 Å². The molecule has 0 aromatic heterocycles. The molecule has 158 valence electrons. The number of halogens is 9. The highest BCUT2D eigenvalue weighted by Gasteiger charge is 2.85. The Morgan fingerprint density at radius 3 is 2.00 bits per heavy atom. The summed E-state index contributed by atoms with van der Waals surface area (Å²) in [5, 5.41) is -6.95. The summed E-state index contributed by atoms with van der Waals surface area (Å²) in [4.78, 5) is 12.0. The molecule has 0 saturated heterocycles. The Balaban J connectivity index is 2.34. The van der Waals surface area contributed by atoms with Gasteiger partial charge in [-0.3, -0.25) is 4.79 Å². The van der Waals surface area contributed by atoms with Gasteiger partial charge < -0.3 is 0 Å². The van der Waals surface area contributed by atoms with E-state index in [0.29, 0.717) is 10.3 Å². The van der Waals surface area contributed by atoms with Crippen molar-refractivity contribution in [1.29, 1.82) is 0 Å². The van der Waals surface area contributed by atoms with Crippen LogP contribution in [0.5, 0.6) is 0 Å². The van der Waals surface area contributed by atoms with Crippen molar-refractivity contribution >= 4 is 15.9 Å². The summed E-state index contributed by atoms with van der Waals surface area (Å²) in [6.45, 7) is 0. The molecular formula is C14H10F9NO3S. The monoisotopic (exact) mass is 443 g/mol. The maximum Gasteiger partial charge on any atom is 0.460 e. The summed E-state index contributed by atoms with van der Waals surface area (Å²) in [6, 6.07) is 5.79. The van der Waals surface area contributed by atoms with E-state index in [0.717, 1.165) is 0 Å². The Labute approximate surface area is 151 Å². The molecule has 0 heterocycles. The largest absolute Gasteiger partial charge is 0.460 e. The topological polar surface area (TPSA) is 63.2 Å². The number of hydrogen-bond acceptors (Lipinski definition) is 3. The smallest absolute Gasteiger partial charge is 0.273 e. The highest BCUT2D eigenvalue weighted by atomic mass is 32.2. The molecule has 2 rings (SSSR count). The summed E-state index contributed by atoms with van der Waals surface area (Å²) in [7, 11) is -6.96. The molecule has 0 aliphatic heterocycles. The van der Waals surface area contributed by atoms with Crippen molar-refractivity contribution in [3.63, 3.8) is 0 Å². The van der Waals surface area contributed by atoms with Gasteiger partial charge in [0.25, 0.3) is 0 Å². The van der Waals surface area contributed by atoms with Crippen LogP contribution >= 0.6 is 0 Å². The molecule has 0 fully saturated rings. The summed E-state index contributed by atoms with van der Waals surface area (Å²) >= 11 is 0. The molecule has 0 bridgehead atoms. The standard InChI is InChI=1S/C14H10F9NO3S/c15-11(16,13(19,20)21)12(17,18)14(22,23)28(26,27)24-10(25)9-6-5-7-3-1-2-4-8(7)9/h1-4,9H,5-6H2,(H,24,25). The maximum atomic E-state index is 13.6. The van der Waals surface area contributed by atoms with E-state index in [9.17, 15) is 52.7 Å². The van der Waals surface area contributed by atoms with E-state index in [-0.39, 0.29) is 18.4 Å². The van der Waals surface area contributed by atoms with Crippen LogP contribution in [0.4, 0.5) is 39.5 Å². The number of hydrogen-bond donors (Lipinski definition) is 1. The van der Waals surface area contributed by atoms with Crippen LogP contribution in [0.3, 0.4) is 0 Å². The first-order chi connectivity index (χ1) is 12.5. The average Bonchev–Trinajstić information content (AvgIpc) is 2.96. The molecular weight excluding hydrogens is 433 g/mol. The third-order valence-corrected chi connectivity index (χ3v) is 5.54. The number of alkyl halides is 9. The predicted octanol–water partition coefficient (Wildman–Crippen LogP) is 3.59.